The Kier molecular flexibility index (Phi) is 6.69. The van der Waals surface area contributed by atoms with Crippen molar-refractivity contribution in [1.29, 1.82) is 0 Å². The Labute approximate surface area is 148 Å². The van der Waals surface area contributed by atoms with Gasteiger partial charge >= 0.3 is 0 Å². The summed E-state index contributed by atoms with van der Waals surface area (Å²) in [4.78, 5) is 12.1. The minimum absolute atomic E-state index is 0.168. The molecule has 0 aliphatic heterocycles. The molecule has 2 rings (SSSR count). The summed E-state index contributed by atoms with van der Waals surface area (Å²) in [5, 5.41) is 2.81. The van der Waals surface area contributed by atoms with Crippen molar-refractivity contribution in [2.45, 2.75) is 26.9 Å². The molecule has 5 nitrogen and oxygen atoms in total. The van der Waals surface area contributed by atoms with E-state index in [1.54, 1.807) is 14.0 Å². The molecule has 0 radical (unpaired) electrons. The third-order valence-corrected chi connectivity index (χ3v) is 3.73. The second-order valence-electron chi connectivity index (χ2n) is 5.84. The molecule has 0 heterocycles. The molecular weight excluding hydrogens is 318 g/mol. The third-order valence-electron chi connectivity index (χ3n) is 3.73. The molecule has 0 aliphatic rings. The van der Waals surface area contributed by atoms with E-state index in [-0.39, 0.29) is 5.91 Å². The zero-order valence-corrected chi connectivity index (χ0v) is 15.2. The van der Waals surface area contributed by atoms with Gasteiger partial charge in [0.05, 0.1) is 13.7 Å². The van der Waals surface area contributed by atoms with Crippen LogP contribution in [-0.2, 0) is 4.79 Å². The van der Waals surface area contributed by atoms with E-state index in [0.717, 1.165) is 28.4 Å². The van der Waals surface area contributed by atoms with Crippen molar-refractivity contribution in [2.24, 2.45) is 0 Å². The average molecular weight is 343 g/mol. The normalized spacial score (nSPS) is 11.5. The van der Waals surface area contributed by atoms with Crippen LogP contribution in [0.5, 0.6) is 17.2 Å². The van der Waals surface area contributed by atoms with Gasteiger partial charge in [-0.25, -0.2) is 0 Å². The first-order valence-corrected chi connectivity index (χ1v) is 8.28. The Hall–Kier alpha value is -2.69. The Morgan fingerprint density at radius 3 is 2.40 bits per heavy atom. The minimum atomic E-state index is -0.567. The molecule has 0 unspecified atom stereocenters. The molecule has 1 amide bonds. The first-order chi connectivity index (χ1) is 12.0. The van der Waals surface area contributed by atoms with E-state index in [1.165, 1.54) is 0 Å². The number of carbonyl (C=O) groups is 1. The fourth-order valence-corrected chi connectivity index (χ4v) is 2.33. The minimum Gasteiger partial charge on any atom is -0.497 e. The maximum atomic E-state index is 12.1. The Morgan fingerprint density at radius 2 is 1.76 bits per heavy atom. The highest BCUT2D eigenvalue weighted by molar-refractivity contribution is 5.80. The van der Waals surface area contributed by atoms with Crippen LogP contribution in [0.25, 0.3) is 0 Å². The largest absolute Gasteiger partial charge is 0.497 e. The van der Waals surface area contributed by atoms with Gasteiger partial charge in [0.1, 0.15) is 23.9 Å². The number of hydrogen-bond donors (Lipinski definition) is 1. The summed E-state index contributed by atoms with van der Waals surface area (Å²) in [6.45, 7) is 6.52. The van der Waals surface area contributed by atoms with Crippen LogP contribution in [0, 0.1) is 13.8 Å². The number of ether oxygens (including phenoxy) is 3. The Bertz CT molecular complexity index is 697. The van der Waals surface area contributed by atoms with Crippen molar-refractivity contribution >= 4 is 5.91 Å². The number of amides is 1. The third kappa shape index (κ3) is 5.71. The van der Waals surface area contributed by atoms with E-state index in [9.17, 15) is 4.79 Å². The van der Waals surface area contributed by atoms with Crippen LogP contribution in [0.1, 0.15) is 18.1 Å². The second-order valence-corrected chi connectivity index (χ2v) is 5.84. The summed E-state index contributed by atoms with van der Waals surface area (Å²) >= 11 is 0. The van der Waals surface area contributed by atoms with Gasteiger partial charge in [-0.2, -0.15) is 0 Å². The molecular formula is C20H25NO4. The van der Waals surface area contributed by atoms with Crippen LogP contribution in [0.15, 0.2) is 42.5 Å². The molecule has 1 N–H and O–H groups in total. The van der Waals surface area contributed by atoms with E-state index in [1.807, 2.05) is 56.3 Å². The highest BCUT2D eigenvalue weighted by Gasteiger charge is 2.15. The van der Waals surface area contributed by atoms with Crippen molar-refractivity contribution in [3.8, 4) is 17.2 Å². The first-order valence-electron chi connectivity index (χ1n) is 8.28. The molecule has 5 heteroatoms. The van der Waals surface area contributed by atoms with Gasteiger partial charge in [0.25, 0.3) is 5.91 Å². The van der Waals surface area contributed by atoms with E-state index in [0.29, 0.717) is 13.2 Å². The molecule has 25 heavy (non-hydrogen) atoms. The van der Waals surface area contributed by atoms with E-state index >= 15 is 0 Å². The fraction of sp³-hybridized carbons (Fsp3) is 0.350. The van der Waals surface area contributed by atoms with Gasteiger partial charge in [0.2, 0.25) is 0 Å². The lowest BCUT2D eigenvalue weighted by molar-refractivity contribution is -0.127. The van der Waals surface area contributed by atoms with Crippen molar-refractivity contribution in [1.82, 2.24) is 5.32 Å². The number of benzene rings is 2. The maximum Gasteiger partial charge on any atom is 0.260 e. The van der Waals surface area contributed by atoms with Gasteiger partial charge in [-0.05, 0) is 56.7 Å². The van der Waals surface area contributed by atoms with Crippen molar-refractivity contribution < 1.29 is 19.0 Å². The van der Waals surface area contributed by atoms with Crippen molar-refractivity contribution in [2.75, 3.05) is 20.3 Å². The predicted molar refractivity (Wildman–Crippen MR) is 97.5 cm³/mol. The quantitative estimate of drug-likeness (QED) is 0.748. The zero-order valence-electron chi connectivity index (χ0n) is 15.2. The van der Waals surface area contributed by atoms with Gasteiger partial charge in [-0.1, -0.05) is 17.7 Å². The summed E-state index contributed by atoms with van der Waals surface area (Å²) in [7, 11) is 1.62. The molecule has 0 saturated carbocycles. The Balaban J connectivity index is 1.73. The van der Waals surface area contributed by atoms with Crippen LogP contribution < -0.4 is 19.5 Å². The molecule has 0 aromatic heterocycles. The van der Waals surface area contributed by atoms with Crippen LogP contribution >= 0.6 is 0 Å². The SMILES string of the molecule is COc1ccc(OCCNC(=O)[C@H](C)Oc2ccc(C)cc2C)cc1. The molecule has 2 aromatic carbocycles. The first kappa shape index (κ1) is 18.6. The number of hydrogen-bond acceptors (Lipinski definition) is 4. The molecule has 1 atom stereocenters. The topological polar surface area (TPSA) is 56.8 Å². The van der Waals surface area contributed by atoms with Crippen LogP contribution in [-0.4, -0.2) is 32.3 Å². The molecule has 2 aromatic rings. The number of aryl methyl sites for hydroxylation is 2. The van der Waals surface area contributed by atoms with Crippen LogP contribution in [0.3, 0.4) is 0 Å². The number of carbonyl (C=O) groups excluding carboxylic acids is 1. The van der Waals surface area contributed by atoms with Gasteiger partial charge in [-0.15, -0.1) is 0 Å². The van der Waals surface area contributed by atoms with E-state index in [2.05, 4.69) is 5.32 Å². The summed E-state index contributed by atoms with van der Waals surface area (Å²) in [5.41, 5.74) is 2.18. The second kappa shape index (κ2) is 8.97. The summed E-state index contributed by atoms with van der Waals surface area (Å²) < 4.78 is 16.4. The fourth-order valence-electron chi connectivity index (χ4n) is 2.33. The van der Waals surface area contributed by atoms with E-state index < -0.39 is 6.10 Å². The van der Waals surface area contributed by atoms with Gasteiger partial charge in [0, 0.05) is 0 Å². The maximum absolute atomic E-state index is 12.1. The Morgan fingerprint density at radius 1 is 1.08 bits per heavy atom. The van der Waals surface area contributed by atoms with Gasteiger partial charge < -0.3 is 19.5 Å². The number of nitrogens with one attached hydrogen (secondary N) is 1. The molecule has 0 aliphatic carbocycles. The van der Waals surface area contributed by atoms with Crippen molar-refractivity contribution in [3.05, 3.63) is 53.6 Å². The highest BCUT2D eigenvalue weighted by Crippen LogP contribution is 2.20. The molecule has 0 saturated heterocycles. The van der Waals surface area contributed by atoms with Crippen LogP contribution in [0.2, 0.25) is 0 Å². The standard InChI is InChI=1S/C20H25NO4/c1-14-5-10-19(15(2)13-14)25-16(3)20(22)21-11-12-24-18-8-6-17(23-4)7-9-18/h5-10,13,16H,11-12H2,1-4H3,(H,21,22)/t16-/m0/s1. The lowest BCUT2D eigenvalue weighted by atomic mass is 10.1. The summed E-state index contributed by atoms with van der Waals surface area (Å²) in [6, 6.07) is 13.2. The molecule has 0 fully saturated rings. The van der Waals surface area contributed by atoms with Gasteiger partial charge in [-0.3, -0.25) is 4.79 Å². The molecule has 134 valence electrons. The lowest BCUT2D eigenvalue weighted by Gasteiger charge is -2.16. The zero-order chi connectivity index (χ0) is 18.2. The summed E-state index contributed by atoms with van der Waals surface area (Å²) in [5.74, 6) is 2.06. The lowest BCUT2D eigenvalue weighted by Crippen LogP contribution is -2.38. The average Bonchev–Trinajstić information content (AvgIpc) is 2.61. The van der Waals surface area contributed by atoms with Crippen molar-refractivity contribution in [3.63, 3.8) is 0 Å². The molecule has 0 spiro atoms. The monoisotopic (exact) mass is 343 g/mol. The van der Waals surface area contributed by atoms with Crippen LogP contribution in [0.4, 0.5) is 0 Å². The smallest absolute Gasteiger partial charge is 0.260 e. The van der Waals surface area contributed by atoms with E-state index in [4.69, 9.17) is 14.2 Å². The summed E-state index contributed by atoms with van der Waals surface area (Å²) in [6.07, 6.45) is -0.567. The predicted octanol–water partition coefficient (Wildman–Crippen LogP) is 3.27. The number of rotatable bonds is 8. The number of methoxy groups -OCH3 is 1. The van der Waals surface area contributed by atoms with Gasteiger partial charge in [0.15, 0.2) is 6.10 Å². The molecule has 0 bridgehead atoms. The highest BCUT2D eigenvalue weighted by atomic mass is 16.5.